The molecule has 1 amide bonds. The van der Waals surface area contributed by atoms with E-state index in [1.54, 1.807) is 6.07 Å². The highest BCUT2D eigenvalue weighted by molar-refractivity contribution is 6.12. The molecule has 2 aromatic carbocycles. The lowest BCUT2D eigenvalue weighted by atomic mass is 10.0. The zero-order valence-corrected chi connectivity index (χ0v) is 12.5. The van der Waals surface area contributed by atoms with E-state index in [-0.39, 0.29) is 18.4 Å². The molecule has 112 valence electrons. The molecule has 0 spiro atoms. The lowest BCUT2D eigenvalue weighted by Crippen LogP contribution is -2.24. The Balaban J connectivity index is 0.00000220. The fourth-order valence-corrected chi connectivity index (χ4v) is 1.98. The van der Waals surface area contributed by atoms with E-state index in [4.69, 9.17) is 16.2 Å². The van der Waals surface area contributed by atoms with Crippen LogP contribution in [-0.4, -0.2) is 18.5 Å². The summed E-state index contributed by atoms with van der Waals surface area (Å²) in [5.41, 5.74) is 11.0. The Morgan fingerprint density at radius 1 is 1.19 bits per heavy atom. The van der Waals surface area contributed by atoms with Gasteiger partial charge < -0.3 is 16.2 Å². The number of amides is 1. The summed E-state index contributed by atoms with van der Waals surface area (Å²) in [6.45, 7) is 2.53. The number of hydrogen-bond donors (Lipinski definition) is 2. The Morgan fingerprint density at radius 2 is 1.90 bits per heavy atom. The van der Waals surface area contributed by atoms with Crippen molar-refractivity contribution in [1.82, 2.24) is 0 Å². The van der Waals surface area contributed by atoms with Crippen molar-refractivity contribution in [2.45, 2.75) is 13.3 Å². The summed E-state index contributed by atoms with van der Waals surface area (Å²) < 4.78 is 5.63. The molecule has 0 heterocycles. The Labute approximate surface area is 129 Å². The fraction of sp³-hybridized carbons (Fsp3) is 0.200. The van der Waals surface area contributed by atoms with Crippen LogP contribution in [0.1, 0.15) is 23.7 Å². The summed E-state index contributed by atoms with van der Waals surface area (Å²) in [4.78, 5) is 15.8. The number of carbonyl (C=O) groups is 1. The van der Waals surface area contributed by atoms with E-state index in [0.29, 0.717) is 17.9 Å². The second kappa shape index (κ2) is 7.50. The maximum Gasteiger partial charge on any atom is 0.284 e. The fourth-order valence-electron chi connectivity index (χ4n) is 1.98. The van der Waals surface area contributed by atoms with Crippen LogP contribution in [0.5, 0.6) is 5.75 Å². The molecule has 4 N–H and O–H groups in total. The minimum Gasteiger partial charge on any atom is -0.493 e. The lowest BCUT2D eigenvalue weighted by Gasteiger charge is -2.11. The maximum absolute atomic E-state index is 12.2. The minimum atomic E-state index is -0.493. The van der Waals surface area contributed by atoms with E-state index in [1.165, 1.54) is 0 Å². The predicted molar refractivity (Wildman–Crippen MR) is 87.1 cm³/mol. The van der Waals surface area contributed by atoms with Gasteiger partial charge in [0.25, 0.3) is 5.91 Å². The zero-order valence-electron chi connectivity index (χ0n) is 11.7. The van der Waals surface area contributed by atoms with Gasteiger partial charge >= 0.3 is 0 Å². The van der Waals surface area contributed by atoms with Gasteiger partial charge in [0.1, 0.15) is 5.75 Å². The molecule has 0 fully saturated rings. The average molecular weight is 308 g/mol. The first-order chi connectivity index (χ1) is 9.63. The van der Waals surface area contributed by atoms with Gasteiger partial charge in [0.05, 0.1) is 12.2 Å². The van der Waals surface area contributed by atoms with Crippen LogP contribution in [0, 0.1) is 0 Å². The first-order valence-electron chi connectivity index (χ1n) is 6.42. The number of rotatable bonds is 4. The van der Waals surface area contributed by atoms with Gasteiger partial charge in [-0.3, -0.25) is 4.79 Å². The molecule has 0 saturated carbocycles. The van der Waals surface area contributed by atoms with E-state index in [0.717, 1.165) is 17.2 Å². The molecule has 6 heteroatoms. The summed E-state index contributed by atoms with van der Waals surface area (Å²) in [6.07, 6.45) is 0.850. The third kappa shape index (κ3) is 3.86. The van der Waals surface area contributed by atoms with E-state index >= 15 is 0 Å². The van der Waals surface area contributed by atoms with Gasteiger partial charge in [-0.15, -0.1) is 12.4 Å². The monoisotopic (exact) mass is 307 g/mol. The second-order valence-corrected chi connectivity index (χ2v) is 4.35. The third-order valence-corrected chi connectivity index (χ3v) is 2.80. The molecular weight excluding hydrogens is 290 g/mol. The predicted octanol–water partition coefficient (Wildman–Crippen LogP) is 2.46. The molecule has 21 heavy (non-hydrogen) atoms. The van der Waals surface area contributed by atoms with Crippen molar-refractivity contribution in [3.05, 3.63) is 42.0 Å². The van der Waals surface area contributed by atoms with Crippen molar-refractivity contribution in [2.75, 3.05) is 6.61 Å². The van der Waals surface area contributed by atoms with E-state index in [1.807, 2.05) is 37.3 Å². The smallest absolute Gasteiger partial charge is 0.284 e. The van der Waals surface area contributed by atoms with Crippen molar-refractivity contribution in [2.24, 2.45) is 16.5 Å². The number of benzene rings is 2. The molecule has 0 radical (unpaired) electrons. The third-order valence-electron chi connectivity index (χ3n) is 2.80. The number of carbonyl (C=O) groups excluding carboxylic acids is 1. The molecule has 0 atom stereocenters. The summed E-state index contributed by atoms with van der Waals surface area (Å²) >= 11 is 0. The minimum absolute atomic E-state index is 0. The first kappa shape index (κ1) is 16.8. The van der Waals surface area contributed by atoms with Gasteiger partial charge in [0, 0.05) is 0 Å². The van der Waals surface area contributed by atoms with E-state index in [2.05, 4.69) is 4.99 Å². The number of aliphatic imine (C=N–C) groups is 1. The number of guanidine groups is 1. The largest absolute Gasteiger partial charge is 0.493 e. The Kier molecular flexibility index (Phi) is 5.99. The van der Waals surface area contributed by atoms with Crippen LogP contribution in [0.2, 0.25) is 0 Å². The van der Waals surface area contributed by atoms with Gasteiger partial charge in [-0.2, -0.15) is 4.99 Å². The van der Waals surface area contributed by atoms with Crippen LogP contribution in [0.15, 0.2) is 41.4 Å². The average Bonchev–Trinajstić information content (AvgIpc) is 2.43. The van der Waals surface area contributed by atoms with Gasteiger partial charge in [-0.05, 0) is 23.3 Å². The van der Waals surface area contributed by atoms with Crippen LogP contribution in [0.3, 0.4) is 0 Å². The first-order valence-corrected chi connectivity index (χ1v) is 6.42. The molecule has 0 aromatic heterocycles. The van der Waals surface area contributed by atoms with Crippen molar-refractivity contribution < 1.29 is 9.53 Å². The van der Waals surface area contributed by atoms with E-state index in [9.17, 15) is 4.79 Å². The normalized spacial score (nSPS) is 9.76. The van der Waals surface area contributed by atoms with Gasteiger partial charge in [-0.25, -0.2) is 0 Å². The van der Waals surface area contributed by atoms with Crippen molar-refractivity contribution >= 4 is 35.0 Å². The molecule has 5 nitrogen and oxygen atoms in total. The Bertz CT molecular complexity index is 667. The van der Waals surface area contributed by atoms with Gasteiger partial charge in [-0.1, -0.05) is 37.3 Å². The standard InChI is InChI=1S/C15H17N3O2.ClH/c1-2-9-20-12-8-7-10-5-3-4-6-11(10)13(12)14(19)18-15(16)17;/h3-8H,2,9H2,1H3,(H4,16,17,18,19);1H. The van der Waals surface area contributed by atoms with Crippen LogP contribution >= 0.6 is 12.4 Å². The second-order valence-electron chi connectivity index (χ2n) is 4.35. The summed E-state index contributed by atoms with van der Waals surface area (Å²) in [7, 11) is 0. The van der Waals surface area contributed by atoms with Crippen LogP contribution in [0.4, 0.5) is 0 Å². The molecule has 0 saturated heterocycles. The number of ether oxygens (including phenoxy) is 1. The molecule has 0 bridgehead atoms. The molecule has 0 unspecified atom stereocenters. The highest BCUT2D eigenvalue weighted by Gasteiger charge is 2.16. The highest BCUT2D eigenvalue weighted by atomic mass is 35.5. The molecule has 2 rings (SSSR count). The lowest BCUT2D eigenvalue weighted by molar-refractivity contribution is 0.100. The number of nitrogens with zero attached hydrogens (tertiary/aromatic N) is 1. The highest BCUT2D eigenvalue weighted by Crippen LogP contribution is 2.29. The zero-order chi connectivity index (χ0) is 14.5. The van der Waals surface area contributed by atoms with Crippen LogP contribution in [0.25, 0.3) is 10.8 Å². The topological polar surface area (TPSA) is 90.7 Å². The molecule has 0 aliphatic heterocycles. The number of fused-ring (bicyclic) bond motifs is 1. The molecule has 0 aliphatic rings. The maximum atomic E-state index is 12.2. The van der Waals surface area contributed by atoms with Crippen molar-refractivity contribution in [1.29, 1.82) is 0 Å². The van der Waals surface area contributed by atoms with E-state index < -0.39 is 5.91 Å². The SMILES string of the molecule is CCCOc1ccc2ccccc2c1C(=O)N=C(N)N.Cl. The number of hydrogen-bond acceptors (Lipinski definition) is 2. The number of halogens is 1. The van der Waals surface area contributed by atoms with Crippen LogP contribution < -0.4 is 16.2 Å². The Morgan fingerprint density at radius 3 is 2.57 bits per heavy atom. The van der Waals surface area contributed by atoms with Crippen LogP contribution in [-0.2, 0) is 0 Å². The van der Waals surface area contributed by atoms with Crippen molar-refractivity contribution in [3.63, 3.8) is 0 Å². The van der Waals surface area contributed by atoms with Gasteiger partial charge in [0.15, 0.2) is 5.96 Å². The molecule has 2 aromatic rings. The summed E-state index contributed by atoms with van der Waals surface area (Å²) in [6, 6.07) is 11.2. The molecular formula is C15H18ClN3O2. The van der Waals surface area contributed by atoms with Crippen molar-refractivity contribution in [3.8, 4) is 5.75 Å². The quantitative estimate of drug-likeness (QED) is 0.670. The van der Waals surface area contributed by atoms with Gasteiger partial charge in [0.2, 0.25) is 0 Å². The number of nitrogens with two attached hydrogens (primary N) is 2. The Hall–Kier alpha value is -2.27. The summed E-state index contributed by atoms with van der Waals surface area (Å²) in [5.74, 6) is -0.252. The summed E-state index contributed by atoms with van der Waals surface area (Å²) in [5, 5.41) is 1.71. The molecule has 0 aliphatic carbocycles.